The lowest BCUT2D eigenvalue weighted by Crippen LogP contribution is -2.39. The maximum Gasteiger partial charge on any atom is 0.261 e. The number of carbonyl (C=O) groups excluding carboxylic acids is 1. The van der Waals surface area contributed by atoms with Crippen molar-refractivity contribution in [1.82, 2.24) is 14.6 Å². The highest BCUT2D eigenvalue weighted by Crippen LogP contribution is 2.44. The molecule has 1 aromatic carbocycles. The molecule has 0 saturated carbocycles. The minimum absolute atomic E-state index is 0.267. The van der Waals surface area contributed by atoms with E-state index in [9.17, 15) is 9.90 Å². The molecule has 1 atom stereocenters. The summed E-state index contributed by atoms with van der Waals surface area (Å²) in [6.07, 6.45) is 6.08. The van der Waals surface area contributed by atoms with E-state index >= 15 is 0 Å². The first-order valence-corrected chi connectivity index (χ1v) is 11.2. The number of hydrogen-bond donors (Lipinski definition) is 2. The highest BCUT2D eigenvalue weighted by Gasteiger charge is 2.40. The first-order valence-electron chi connectivity index (χ1n) is 11.2. The molecule has 2 aliphatic heterocycles. The Morgan fingerprint density at radius 1 is 1.30 bits per heavy atom. The summed E-state index contributed by atoms with van der Waals surface area (Å²) >= 11 is 0. The van der Waals surface area contributed by atoms with Crippen LogP contribution in [0.15, 0.2) is 36.8 Å². The highest BCUT2D eigenvalue weighted by molar-refractivity contribution is 6.09. The van der Waals surface area contributed by atoms with E-state index in [2.05, 4.69) is 20.3 Å². The van der Waals surface area contributed by atoms with Crippen molar-refractivity contribution < 1.29 is 19.4 Å². The van der Waals surface area contributed by atoms with Crippen molar-refractivity contribution in [3.63, 3.8) is 0 Å². The van der Waals surface area contributed by atoms with E-state index in [0.29, 0.717) is 43.0 Å². The van der Waals surface area contributed by atoms with Crippen LogP contribution in [0.1, 0.15) is 43.1 Å². The predicted molar refractivity (Wildman–Crippen MR) is 124 cm³/mol. The Labute approximate surface area is 192 Å². The van der Waals surface area contributed by atoms with Gasteiger partial charge in [0, 0.05) is 50.0 Å². The molecular formula is C24H29N5O4. The number of ether oxygens (including phenoxy) is 2. The van der Waals surface area contributed by atoms with Gasteiger partial charge >= 0.3 is 0 Å². The Balaban J connectivity index is 1.49. The van der Waals surface area contributed by atoms with Crippen molar-refractivity contribution in [2.45, 2.75) is 44.8 Å². The van der Waals surface area contributed by atoms with Gasteiger partial charge in [-0.1, -0.05) is 0 Å². The molecule has 0 spiro atoms. The van der Waals surface area contributed by atoms with E-state index < -0.39 is 11.2 Å². The number of carbonyl (C=O) groups is 1. The van der Waals surface area contributed by atoms with Crippen molar-refractivity contribution >= 4 is 22.9 Å². The summed E-state index contributed by atoms with van der Waals surface area (Å²) in [5.74, 6) is 0.523. The number of rotatable bonds is 5. The first-order chi connectivity index (χ1) is 15.7. The van der Waals surface area contributed by atoms with E-state index in [0.717, 1.165) is 30.1 Å². The molecule has 2 aromatic heterocycles. The number of nitrogens with one attached hydrogen (secondary N) is 1. The van der Waals surface area contributed by atoms with Gasteiger partial charge in [0.05, 0.1) is 36.4 Å². The molecule has 1 amide bonds. The van der Waals surface area contributed by atoms with Gasteiger partial charge in [0.25, 0.3) is 5.91 Å². The second-order valence-corrected chi connectivity index (χ2v) is 9.69. The zero-order valence-electron chi connectivity index (χ0n) is 19.2. The fourth-order valence-corrected chi connectivity index (χ4v) is 4.91. The smallest absolute Gasteiger partial charge is 0.261 e. The summed E-state index contributed by atoms with van der Waals surface area (Å²) in [5.41, 5.74) is 2.16. The molecule has 2 aliphatic rings. The highest BCUT2D eigenvalue weighted by atomic mass is 16.5. The molecule has 1 saturated heterocycles. The van der Waals surface area contributed by atoms with Gasteiger partial charge in [0.15, 0.2) is 5.65 Å². The van der Waals surface area contributed by atoms with Gasteiger partial charge < -0.3 is 24.8 Å². The van der Waals surface area contributed by atoms with Crippen molar-refractivity contribution in [1.29, 1.82) is 0 Å². The lowest BCUT2D eigenvalue weighted by atomic mass is 9.87. The van der Waals surface area contributed by atoms with Crippen LogP contribution in [0.4, 0.5) is 11.4 Å². The molecule has 5 rings (SSSR count). The minimum atomic E-state index is -0.850. The standard InChI is InChI=1S/C24H29N5O4/c1-23(2,31)15-24(3)13-16-11-18(19(12-20(16)33-24)28-7-9-32-10-8-28)27-22(30)17-14-26-29-6-4-5-25-21(17)29/h4-6,11-12,14,31H,7-10,13,15H2,1-3H3,(H,27,30). The van der Waals surface area contributed by atoms with Crippen molar-refractivity contribution in [2.24, 2.45) is 0 Å². The summed E-state index contributed by atoms with van der Waals surface area (Å²) in [6.45, 7) is 8.29. The van der Waals surface area contributed by atoms with Gasteiger partial charge in [0.2, 0.25) is 0 Å². The molecule has 1 unspecified atom stereocenters. The van der Waals surface area contributed by atoms with E-state index in [1.807, 2.05) is 19.1 Å². The third kappa shape index (κ3) is 4.38. The van der Waals surface area contributed by atoms with Crippen LogP contribution in [0.5, 0.6) is 5.75 Å². The molecule has 0 aliphatic carbocycles. The lowest BCUT2D eigenvalue weighted by Gasteiger charge is -2.31. The number of benzene rings is 1. The fourth-order valence-electron chi connectivity index (χ4n) is 4.91. The molecular weight excluding hydrogens is 422 g/mol. The number of morpholine rings is 1. The minimum Gasteiger partial charge on any atom is -0.487 e. The molecule has 0 bridgehead atoms. The first kappa shape index (κ1) is 21.7. The topological polar surface area (TPSA) is 101 Å². The van der Waals surface area contributed by atoms with Gasteiger partial charge in [-0.2, -0.15) is 5.10 Å². The van der Waals surface area contributed by atoms with Gasteiger partial charge in [0.1, 0.15) is 16.9 Å². The molecule has 2 N–H and O–H groups in total. The monoisotopic (exact) mass is 451 g/mol. The number of nitrogens with zero attached hydrogens (tertiary/aromatic N) is 4. The molecule has 9 nitrogen and oxygen atoms in total. The third-order valence-corrected chi connectivity index (χ3v) is 6.03. The summed E-state index contributed by atoms with van der Waals surface area (Å²) in [6, 6.07) is 5.76. The SMILES string of the molecule is CC(C)(O)CC1(C)Cc2cc(NC(=O)c3cnn4cccnc34)c(N3CCOCC3)cc2O1. The number of anilines is 2. The van der Waals surface area contributed by atoms with Crippen LogP contribution in [-0.2, 0) is 11.2 Å². The van der Waals surface area contributed by atoms with Gasteiger partial charge in [-0.05, 0) is 32.9 Å². The number of fused-ring (bicyclic) bond motifs is 2. The Morgan fingerprint density at radius 2 is 2.09 bits per heavy atom. The zero-order valence-corrected chi connectivity index (χ0v) is 19.2. The molecule has 1 fully saturated rings. The molecule has 0 radical (unpaired) electrons. The molecule has 174 valence electrons. The molecule has 3 aromatic rings. The van der Waals surface area contributed by atoms with Gasteiger partial charge in [-0.3, -0.25) is 4.79 Å². The number of hydrogen-bond acceptors (Lipinski definition) is 7. The van der Waals surface area contributed by atoms with Crippen LogP contribution in [0.3, 0.4) is 0 Å². The largest absolute Gasteiger partial charge is 0.487 e. The average molecular weight is 452 g/mol. The number of aromatic nitrogens is 3. The summed E-state index contributed by atoms with van der Waals surface area (Å²) < 4.78 is 13.4. The fraction of sp³-hybridized carbons (Fsp3) is 0.458. The van der Waals surface area contributed by atoms with Crippen molar-refractivity contribution in [3.8, 4) is 5.75 Å². The number of amides is 1. The molecule has 9 heteroatoms. The predicted octanol–water partition coefficient (Wildman–Crippen LogP) is 2.67. The van der Waals surface area contributed by atoms with Gasteiger partial charge in [-0.25, -0.2) is 9.50 Å². The average Bonchev–Trinajstić information content (AvgIpc) is 3.32. The van der Waals surface area contributed by atoms with Crippen LogP contribution in [0.25, 0.3) is 5.65 Å². The van der Waals surface area contributed by atoms with E-state index in [4.69, 9.17) is 9.47 Å². The van der Waals surface area contributed by atoms with E-state index in [1.165, 1.54) is 6.20 Å². The van der Waals surface area contributed by atoms with E-state index in [1.54, 1.807) is 36.8 Å². The Morgan fingerprint density at radius 3 is 2.85 bits per heavy atom. The third-order valence-electron chi connectivity index (χ3n) is 6.03. The lowest BCUT2D eigenvalue weighted by molar-refractivity contribution is -0.00935. The van der Waals surface area contributed by atoms with Crippen LogP contribution >= 0.6 is 0 Å². The second-order valence-electron chi connectivity index (χ2n) is 9.69. The quantitative estimate of drug-likeness (QED) is 0.615. The normalized spacial score (nSPS) is 20.5. The maximum atomic E-state index is 13.2. The van der Waals surface area contributed by atoms with Crippen LogP contribution in [0.2, 0.25) is 0 Å². The summed E-state index contributed by atoms with van der Waals surface area (Å²) in [4.78, 5) is 19.7. The second kappa shape index (κ2) is 8.00. The van der Waals surface area contributed by atoms with Crippen LogP contribution < -0.4 is 15.0 Å². The molecule has 4 heterocycles. The summed E-state index contributed by atoms with van der Waals surface area (Å²) in [7, 11) is 0. The van der Waals surface area contributed by atoms with E-state index in [-0.39, 0.29) is 5.91 Å². The maximum absolute atomic E-state index is 13.2. The zero-order chi connectivity index (χ0) is 23.2. The van der Waals surface area contributed by atoms with Crippen LogP contribution in [0, 0.1) is 0 Å². The van der Waals surface area contributed by atoms with Crippen LogP contribution in [-0.4, -0.2) is 63.1 Å². The van der Waals surface area contributed by atoms with Crippen molar-refractivity contribution in [3.05, 3.63) is 47.9 Å². The van der Waals surface area contributed by atoms with Gasteiger partial charge in [-0.15, -0.1) is 0 Å². The molecule has 33 heavy (non-hydrogen) atoms. The Kier molecular flexibility index (Phi) is 5.25. The number of aliphatic hydroxyl groups is 1. The van der Waals surface area contributed by atoms with Crippen molar-refractivity contribution in [2.75, 3.05) is 36.5 Å². The Bertz CT molecular complexity index is 1200. The Hall–Kier alpha value is -3.17. The summed E-state index contributed by atoms with van der Waals surface area (Å²) in [5, 5.41) is 17.7.